The van der Waals surface area contributed by atoms with Gasteiger partial charge in [-0.1, -0.05) is 47.5 Å². The number of fused-ring (bicyclic) bond motifs is 1. The third-order valence-corrected chi connectivity index (χ3v) is 4.36. The lowest BCUT2D eigenvalue weighted by Gasteiger charge is -2.10. The van der Waals surface area contributed by atoms with E-state index in [1.165, 1.54) is 16.5 Å². The molecule has 3 aromatic rings. The van der Waals surface area contributed by atoms with Crippen LogP contribution in [0.25, 0.3) is 10.9 Å². The van der Waals surface area contributed by atoms with Crippen LogP contribution >= 0.6 is 23.2 Å². The van der Waals surface area contributed by atoms with Crippen molar-refractivity contribution in [3.8, 4) is 0 Å². The number of hydrogen-bond acceptors (Lipinski definition) is 1. The fourth-order valence-electron chi connectivity index (χ4n) is 2.66. The van der Waals surface area contributed by atoms with Crippen LogP contribution in [0.1, 0.15) is 11.1 Å². The second-order valence-electron chi connectivity index (χ2n) is 5.09. The van der Waals surface area contributed by atoms with Gasteiger partial charge in [0.2, 0.25) is 0 Å². The molecule has 0 radical (unpaired) electrons. The molecule has 0 saturated heterocycles. The van der Waals surface area contributed by atoms with Crippen molar-refractivity contribution in [1.82, 2.24) is 4.57 Å². The minimum absolute atomic E-state index is 0.585. The first kappa shape index (κ1) is 14.5. The highest BCUT2D eigenvalue weighted by Crippen LogP contribution is 2.25. The Bertz CT molecular complexity index is 778. The molecular weight excluding hydrogens is 303 g/mol. The number of hydrogen-bond donors (Lipinski definition) is 1. The first-order chi connectivity index (χ1) is 10.2. The van der Waals surface area contributed by atoms with Gasteiger partial charge in [-0.2, -0.15) is 0 Å². The molecule has 108 valence electrons. The van der Waals surface area contributed by atoms with Gasteiger partial charge < -0.3 is 10.3 Å². The highest BCUT2D eigenvalue weighted by molar-refractivity contribution is 6.42. The van der Waals surface area contributed by atoms with Crippen molar-refractivity contribution in [3.05, 3.63) is 69.8 Å². The Morgan fingerprint density at radius 1 is 1.00 bits per heavy atom. The van der Waals surface area contributed by atoms with Crippen LogP contribution in [-0.2, 0) is 13.0 Å². The summed E-state index contributed by atoms with van der Waals surface area (Å²) in [7, 11) is 0. The molecule has 0 fully saturated rings. The van der Waals surface area contributed by atoms with E-state index >= 15 is 0 Å². The molecule has 1 heterocycles. The smallest absolute Gasteiger partial charge is 0.0595 e. The van der Waals surface area contributed by atoms with Gasteiger partial charge in [0.15, 0.2) is 0 Å². The fraction of sp³-hybridized carbons (Fsp3) is 0.176. The predicted octanol–water partition coefficient (Wildman–Crippen LogP) is 4.50. The molecule has 21 heavy (non-hydrogen) atoms. The second-order valence-corrected chi connectivity index (χ2v) is 5.90. The third kappa shape index (κ3) is 2.93. The molecule has 3 rings (SSSR count). The Balaban J connectivity index is 2.02. The topological polar surface area (TPSA) is 30.9 Å². The third-order valence-electron chi connectivity index (χ3n) is 3.62. The molecule has 0 bridgehead atoms. The predicted molar refractivity (Wildman–Crippen MR) is 90.3 cm³/mol. The molecule has 0 amide bonds. The van der Waals surface area contributed by atoms with Crippen LogP contribution in [0.2, 0.25) is 10.0 Å². The first-order valence-corrected chi connectivity index (χ1v) is 7.65. The number of nitrogens with zero attached hydrogens (tertiary/aromatic N) is 1. The quantitative estimate of drug-likeness (QED) is 0.754. The van der Waals surface area contributed by atoms with Crippen molar-refractivity contribution in [2.45, 2.75) is 13.0 Å². The van der Waals surface area contributed by atoms with Crippen LogP contribution in [0.5, 0.6) is 0 Å². The Labute approximate surface area is 134 Å². The maximum Gasteiger partial charge on any atom is 0.0595 e. The van der Waals surface area contributed by atoms with Gasteiger partial charge in [0.05, 0.1) is 15.6 Å². The van der Waals surface area contributed by atoms with E-state index < -0.39 is 0 Å². The molecule has 0 unspecified atom stereocenters. The minimum atomic E-state index is 0.585. The van der Waals surface area contributed by atoms with Gasteiger partial charge in [-0.3, -0.25) is 0 Å². The maximum absolute atomic E-state index is 6.10. The average Bonchev–Trinajstić information content (AvgIpc) is 2.88. The number of aromatic nitrogens is 1. The lowest BCUT2D eigenvalue weighted by Crippen LogP contribution is -2.06. The van der Waals surface area contributed by atoms with Gasteiger partial charge in [-0.25, -0.2) is 0 Å². The number of halogens is 2. The monoisotopic (exact) mass is 318 g/mol. The number of benzene rings is 2. The van der Waals surface area contributed by atoms with Crippen LogP contribution < -0.4 is 5.73 Å². The molecule has 0 aliphatic rings. The number of rotatable bonds is 4. The van der Waals surface area contributed by atoms with E-state index in [9.17, 15) is 0 Å². The largest absolute Gasteiger partial charge is 0.343 e. The lowest BCUT2D eigenvalue weighted by molar-refractivity contribution is 0.828. The Kier molecular flexibility index (Phi) is 4.20. The lowest BCUT2D eigenvalue weighted by atomic mass is 10.1. The number of nitrogens with two attached hydrogens (primary N) is 1. The molecule has 0 aliphatic carbocycles. The van der Waals surface area contributed by atoms with Gasteiger partial charge in [-0.05, 0) is 47.7 Å². The van der Waals surface area contributed by atoms with Gasteiger partial charge in [0.1, 0.15) is 0 Å². The SMILES string of the molecule is NCCc1cccc2ccn(Cc3ccc(Cl)c(Cl)c3)c12. The van der Waals surface area contributed by atoms with Crippen LogP contribution in [0, 0.1) is 0 Å². The zero-order valence-corrected chi connectivity index (χ0v) is 13.0. The maximum atomic E-state index is 6.10. The summed E-state index contributed by atoms with van der Waals surface area (Å²) in [5.74, 6) is 0. The normalized spacial score (nSPS) is 11.2. The molecule has 0 spiro atoms. The summed E-state index contributed by atoms with van der Waals surface area (Å²) in [6, 6.07) is 14.2. The highest BCUT2D eigenvalue weighted by atomic mass is 35.5. The Morgan fingerprint density at radius 3 is 2.62 bits per heavy atom. The van der Waals surface area contributed by atoms with Gasteiger partial charge in [-0.15, -0.1) is 0 Å². The second kappa shape index (κ2) is 6.10. The summed E-state index contributed by atoms with van der Waals surface area (Å²) in [6.45, 7) is 1.42. The van der Waals surface area contributed by atoms with E-state index in [1.807, 2.05) is 18.2 Å². The molecule has 0 aliphatic heterocycles. The Hall–Kier alpha value is -1.48. The molecule has 2 aromatic carbocycles. The zero-order valence-electron chi connectivity index (χ0n) is 11.5. The van der Waals surface area contributed by atoms with Crippen molar-refractivity contribution < 1.29 is 0 Å². The summed E-state index contributed by atoms with van der Waals surface area (Å²) in [6.07, 6.45) is 2.98. The molecule has 0 atom stereocenters. The molecular formula is C17H16Cl2N2. The van der Waals surface area contributed by atoms with Crippen LogP contribution in [-0.4, -0.2) is 11.1 Å². The molecule has 0 saturated carbocycles. The zero-order chi connectivity index (χ0) is 14.8. The molecule has 1 aromatic heterocycles. The standard InChI is InChI=1S/C17H16Cl2N2/c18-15-5-4-12(10-16(15)19)11-21-9-7-14-3-1-2-13(6-8-20)17(14)21/h1-5,7,9-10H,6,8,11,20H2. The van der Waals surface area contributed by atoms with Gasteiger partial charge in [0.25, 0.3) is 0 Å². The number of para-hydroxylation sites is 1. The minimum Gasteiger partial charge on any atom is -0.343 e. The molecule has 2 N–H and O–H groups in total. The van der Waals surface area contributed by atoms with Crippen molar-refractivity contribution in [3.63, 3.8) is 0 Å². The summed E-state index contributed by atoms with van der Waals surface area (Å²) >= 11 is 12.1. The van der Waals surface area contributed by atoms with E-state index in [1.54, 1.807) is 0 Å². The van der Waals surface area contributed by atoms with Crippen molar-refractivity contribution in [2.24, 2.45) is 5.73 Å². The summed E-state index contributed by atoms with van der Waals surface area (Å²) in [5, 5.41) is 2.41. The fourth-order valence-corrected chi connectivity index (χ4v) is 2.99. The van der Waals surface area contributed by atoms with Crippen LogP contribution in [0.4, 0.5) is 0 Å². The Morgan fingerprint density at radius 2 is 1.86 bits per heavy atom. The van der Waals surface area contributed by atoms with E-state index in [0.29, 0.717) is 16.6 Å². The van der Waals surface area contributed by atoms with Crippen LogP contribution in [0.3, 0.4) is 0 Å². The van der Waals surface area contributed by atoms with Crippen molar-refractivity contribution in [2.75, 3.05) is 6.54 Å². The van der Waals surface area contributed by atoms with E-state index in [2.05, 4.69) is 35.0 Å². The summed E-state index contributed by atoms with van der Waals surface area (Å²) in [5.41, 5.74) is 9.37. The van der Waals surface area contributed by atoms with Crippen molar-refractivity contribution >= 4 is 34.1 Å². The van der Waals surface area contributed by atoms with E-state index in [0.717, 1.165) is 18.5 Å². The van der Waals surface area contributed by atoms with Crippen LogP contribution in [0.15, 0.2) is 48.7 Å². The van der Waals surface area contributed by atoms with Crippen molar-refractivity contribution in [1.29, 1.82) is 0 Å². The van der Waals surface area contributed by atoms with E-state index in [-0.39, 0.29) is 0 Å². The first-order valence-electron chi connectivity index (χ1n) is 6.90. The summed E-state index contributed by atoms with van der Waals surface area (Å²) < 4.78 is 2.24. The van der Waals surface area contributed by atoms with Gasteiger partial charge in [0, 0.05) is 12.7 Å². The summed E-state index contributed by atoms with van der Waals surface area (Å²) in [4.78, 5) is 0. The highest BCUT2D eigenvalue weighted by Gasteiger charge is 2.07. The van der Waals surface area contributed by atoms with E-state index in [4.69, 9.17) is 28.9 Å². The molecule has 2 nitrogen and oxygen atoms in total. The molecule has 4 heteroatoms. The van der Waals surface area contributed by atoms with Gasteiger partial charge >= 0.3 is 0 Å². The average molecular weight is 319 g/mol.